The summed E-state index contributed by atoms with van der Waals surface area (Å²) >= 11 is 0. The number of carbonyl (C=O) groups is 1. The van der Waals surface area contributed by atoms with Crippen molar-refractivity contribution in [2.45, 2.75) is 25.8 Å². The smallest absolute Gasteiger partial charge is 0.177 e. The molecular weight excluding hydrogens is 324 g/mol. The Morgan fingerprint density at radius 1 is 1.38 bits per heavy atom. The van der Waals surface area contributed by atoms with E-state index in [-0.39, 0.29) is 5.78 Å². The molecule has 3 heterocycles. The second kappa shape index (κ2) is 7.87. The molecule has 0 amide bonds. The first-order valence-electron chi connectivity index (χ1n) is 9.13. The molecule has 138 valence electrons. The number of rotatable bonds is 4. The van der Waals surface area contributed by atoms with Crippen molar-refractivity contribution in [3.8, 4) is 0 Å². The number of allylic oxidation sites excluding steroid dienone is 4. The molecule has 3 aliphatic heterocycles. The Morgan fingerprint density at radius 3 is 2.96 bits per heavy atom. The average molecular weight is 352 g/mol. The molecule has 2 atom stereocenters. The Labute approximate surface area is 156 Å². The summed E-state index contributed by atoms with van der Waals surface area (Å²) in [7, 11) is 2.01. The van der Waals surface area contributed by atoms with Crippen molar-refractivity contribution in [3.63, 3.8) is 0 Å². The van der Waals surface area contributed by atoms with E-state index in [0.29, 0.717) is 18.4 Å². The fraction of sp³-hybridized carbons (Fsp3) is 0.429. The van der Waals surface area contributed by atoms with Crippen molar-refractivity contribution in [1.82, 2.24) is 14.7 Å². The van der Waals surface area contributed by atoms with E-state index in [0.717, 1.165) is 43.7 Å². The number of aliphatic imine (C=N–C) groups is 1. The van der Waals surface area contributed by atoms with Crippen molar-refractivity contribution in [2.24, 2.45) is 4.99 Å². The highest BCUT2D eigenvalue weighted by molar-refractivity contribution is 6.43. The van der Waals surface area contributed by atoms with Crippen LogP contribution in [0.15, 0.2) is 65.6 Å². The van der Waals surface area contributed by atoms with Crippen LogP contribution < -0.4 is 0 Å². The fourth-order valence-corrected chi connectivity index (χ4v) is 3.62. The van der Waals surface area contributed by atoms with Crippen LogP contribution in [0.5, 0.6) is 0 Å². The zero-order valence-electron chi connectivity index (χ0n) is 15.8. The Bertz CT molecular complexity index is 728. The third-order valence-electron chi connectivity index (χ3n) is 5.17. The summed E-state index contributed by atoms with van der Waals surface area (Å²) in [6.45, 7) is 13.5. The molecule has 3 rings (SSSR count). The van der Waals surface area contributed by atoms with E-state index in [1.807, 2.05) is 36.4 Å². The Morgan fingerprint density at radius 2 is 2.19 bits per heavy atom. The molecule has 2 bridgehead atoms. The SMILES string of the molecule is C=C1C=CN(C)C=C1CC(=C)N1C/N=C(C(C)=O)\C=C/CN2CCC1C2. The average Bonchev–Trinajstić information content (AvgIpc) is 3.04. The summed E-state index contributed by atoms with van der Waals surface area (Å²) in [6.07, 6.45) is 11.9. The minimum Gasteiger partial charge on any atom is -0.357 e. The highest BCUT2D eigenvalue weighted by Crippen LogP contribution is 2.27. The monoisotopic (exact) mass is 352 g/mol. The first-order valence-corrected chi connectivity index (χ1v) is 9.13. The minimum absolute atomic E-state index is 0.00450. The first-order chi connectivity index (χ1) is 12.4. The van der Waals surface area contributed by atoms with Crippen molar-refractivity contribution in [1.29, 1.82) is 0 Å². The number of hydrogen-bond donors (Lipinski definition) is 0. The summed E-state index contributed by atoms with van der Waals surface area (Å²) in [4.78, 5) is 23.2. The fourth-order valence-electron chi connectivity index (χ4n) is 3.62. The van der Waals surface area contributed by atoms with E-state index in [4.69, 9.17) is 0 Å². The van der Waals surface area contributed by atoms with Crippen LogP contribution in [0.4, 0.5) is 0 Å². The van der Waals surface area contributed by atoms with Crippen LogP contribution in [-0.2, 0) is 4.79 Å². The summed E-state index contributed by atoms with van der Waals surface area (Å²) in [6, 6.07) is 0.386. The van der Waals surface area contributed by atoms with Gasteiger partial charge >= 0.3 is 0 Å². The Kier molecular flexibility index (Phi) is 5.57. The molecule has 0 aromatic heterocycles. The highest BCUT2D eigenvalue weighted by atomic mass is 16.1. The second-order valence-electron chi connectivity index (χ2n) is 7.22. The standard InChI is InChI=1S/C21H28N4O/c1-16-7-10-23(4)13-19(16)12-17(2)25-15-22-21(18(3)26)6-5-9-24-11-8-20(25)14-24/h5-7,10,13,20H,1-2,8-9,11-12,14-15H2,3-4H3/b6-5-,22-21+. The lowest BCUT2D eigenvalue weighted by atomic mass is 10.0. The van der Waals surface area contributed by atoms with Crippen molar-refractivity contribution < 1.29 is 4.79 Å². The molecule has 0 N–H and O–H groups in total. The van der Waals surface area contributed by atoms with Crippen LogP contribution in [0, 0.1) is 0 Å². The normalized spacial score (nSPS) is 29.1. The molecule has 3 aliphatic rings. The van der Waals surface area contributed by atoms with Crippen LogP contribution >= 0.6 is 0 Å². The maximum Gasteiger partial charge on any atom is 0.177 e. The lowest BCUT2D eigenvalue weighted by Gasteiger charge is -2.33. The van der Waals surface area contributed by atoms with Crippen LogP contribution in [0.25, 0.3) is 0 Å². The lowest BCUT2D eigenvalue weighted by Crippen LogP contribution is -2.38. The zero-order chi connectivity index (χ0) is 18.7. The molecule has 0 aromatic rings. The number of fused-ring (bicyclic) bond motifs is 2. The van der Waals surface area contributed by atoms with Crippen molar-refractivity contribution >= 4 is 11.5 Å². The van der Waals surface area contributed by atoms with E-state index < -0.39 is 0 Å². The van der Waals surface area contributed by atoms with Crippen LogP contribution in [-0.4, -0.2) is 65.6 Å². The van der Waals surface area contributed by atoms with Gasteiger partial charge in [-0.2, -0.15) is 0 Å². The van der Waals surface area contributed by atoms with Crippen LogP contribution in [0.2, 0.25) is 0 Å². The first kappa shape index (κ1) is 18.4. The van der Waals surface area contributed by atoms with Gasteiger partial charge in [-0.15, -0.1) is 0 Å². The van der Waals surface area contributed by atoms with Gasteiger partial charge in [-0.1, -0.05) is 19.2 Å². The van der Waals surface area contributed by atoms with E-state index in [1.54, 1.807) is 6.92 Å². The topological polar surface area (TPSA) is 39.1 Å². The van der Waals surface area contributed by atoms with Gasteiger partial charge in [-0.3, -0.25) is 14.7 Å². The second-order valence-corrected chi connectivity index (χ2v) is 7.22. The van der Waals surface area contributed by atoms with Crippen LogP contribution in [0.3, 0.4) is 0 Å². The highest BCUT2D eigenvalue weighted by Gasteiger charge is 2.29. The van der Waals surface area contributed by atoms with Crippen molar-refractivity contribution in [3.05, 3.63) is 60.6 Å². The molecule has 5 nitrogen and oxygen atoms in total. The molecule has 1 fully saturated rings. The molecule has 0 radical (unpaired) electrons. The molecule has 0 aromatic carbocycles. The van der Waals surface area contributed by atoms with Crippen LogP contribution in [0.1, 0.15) is 19.8 Å². The minimum atomic E-state index is 0.00450. The van der Waals surface area contributed by atoms with Gasteiger partial charge in [0.1, 0.15) is 12.4 Å². The summed E-state index contributed by atoms with van der Waals surface area (Å²) in [5.74, 6) is 0.00450. The maximum atomic E-state index is 11.8. The zero-order valence-corrected chi connectivity index (χ0v) is 15.8. The number of hydrogen-bond acceptors (Lipinski definition) is 5. The maximum absolute atomic E-state index is 11.8. The van der Waals surface area contributed by atoms with Crippen molar-refractivity contribution in [2.75, 3.05) is 33.4 Å². The number of carbonyl (C=O) groups excluding carboxylic acids is 1. The summed E-state index contributed by atoms with van der Waals surface area (Å²) < 4.78 is 0. The van der Waals surface area contributed by atoms with Gasteiger partial charge in [0.15, 0.2) is 5.78 Å². The molecule has 26 heavy (non-hydrogen) atoms. The number of ketones is 1. The molecule has 5 heteroatoms. The van der Waals surface area contributed by atoms with E-state index >= 15 is 0 Å². The van der Waals surface area contributed by atoms with E-state index in [2.05, 4.69) is 34.2 Å². The quantitative estimate of drug-likeness (QED) is 0.780. The predicted octanol–water partition coefficient (Wildman–Crippen LogP) is 2.72. The number of Topliss-reactive ketones (excluding diaryl/α,β-unsaturated/α-hetero) is 1. The van der Waals surface area contributed by atoms with Gasteiger partial charge in [-0.05, 0) is 29.7 Å². The predicted molar refractivity (Wildman–Crippen MR) is 107 cm³/mol. The van der Waals surface area contributed by atoms with E-state index in [1.165, 1.54) is 5.57 Å². The Hall–Kier alpha value is -2.40. The molecule has 2 unspecified atom stereocenters. The van der Waals surface area contributed by atoms with Gasteiger partial charge in [0.25, 0.3) is 0 Å². The summed E-state index contributed by atoms with van der Waals surface area (Å²) in [5.41, 5.74) is 3.76. The molecule has 1 saturated heterocycles. The lowest BCUT2D eigenvalue weighted by molar-refractivity contribution is -0.111. The van der Waals surface area contributed by atoms with Gasteiger partial charge in [0.2, 0.25) is 0 Å². The molecule has 0 aliphatic carbocycles. The van der Waals surface area contributed by atoms with Gasteiger partial charge in [-0.25, -0.2) is 0 Å². The summed E-state index contributed by atoms with van der Waals surface area (Å²) in [5, 5.41) is 0. The number of nitrogens with zero attached hydrogens (tertiary/aromatic N) is 4. The van der Waals surface area contributed by atoms with Gasteiger partial charge < -0.3 is 9.80 Å². The molecule has 0 saturated carbocycles. The Balaban J connectivity index is 1.80. The third kappa shape index (κ3) is 4.22. The van der Waals surface area contributed by atoms with E-state index in [9.17, 15) is 4.79 Å². The molecule has 0 spiro atoms. The molecular formula is C21H28N4O. The third-order valence-corrected chi connectivity index (χ3v) is 5.17. The van der Waals surface area contributed by atoms with Gasteiger partial charge in [0, 0.05) is 64.2 Å². The van der Waals surface area contributed by atoms with Gasteiger partial charge in [0.05, 0.1) is 0 Å². The largest absolute Gasteiger partial charge is 0.357 e.